The monoisotopic (exact) mass is 235 g/mol. The summed E-state index contributed by atoms with van der Waals surface area (Å²) in [6.07, 6.45) is 2.26. The minimum atomic E-state index is 0.322. The van der Waals surface area contributed by atoms with Gasteiger partial charge in [-0.2, -0.15) is 0 Å². The van der Waals surface area contributed by atoms with Gasteiger partial charge in [0.1, 0.15) is 19.0 Å². The molecule has 1 aromatic carbocycles. The molecular weight excluding hydrogens is 218 g/mol. The number of hydrogen-bond acceptors (Lipinski definition) is 4. The maximum atomic E-state index is 10.1. The topological polar surface area (TPSA) is 50.7 Å². The Hall–Kier alpha value is -1.42. The van der Waals surface area contributed by atoms with Crippen LogP contribution in [0.25, 0.3) is 0 Å². The van der Waals surface area contributed by atoms with Crippen molar-refractivity contribution in [3.8, 4) is 17.2 Å². The largest absolute Gasteiger partial charge is 0.508 e. The van der Waals surface area contributed by atoms with Crippen molar-refractivity contribution in [2.75, 3.05) is 26.3 Å². The maximum absolute atomic E-state index is 10.1. The van der Waals surface area contributed by atoms with E-state index in [1.165, 1.54) is 0 Å². The van der Waals surface area contributed by atoms with E-state index >= 15 is 0 Å². The van der Waals surface area contributed by atoms with Crippen molar-refractivity contribution in [1.29, 1.82) is 0 Å². The number of piperidine rings is 1. The van der Waals surface area contributed by atoms with Crippen molar-refractivity contribution in [2.24, 2.45) is 0 Å². The van der Waals surface area contributed by atoms with Crippen LogP contribution >= 0.6 is 0 Å². The summed E-state index contributed by atoms with van der Waals surface area (Å²) < 4.78 is 11.0. The fraction of sp³-hybridized carbons (Fsp3) is 0.538. The molecule has 2 heterocycles. The lowest BCUT2D eigenvalue weighted by molar-refractivity contribution is 0.170. The van der Waals surface area contributed by atoms with Gasteiger partial charge in [0.2, 0.25) is 0 Å². The minimum absolute atomic E-state index is 0.322. The standard InChI is InChI=1S/C13H17NO3/c15-11-7-13-12(16-4-5-17-13)6-10(11)9-2-1-3-14-8-9/h6-7,9,14-15H,1-5,8H2. The fourth-order valence-corrected chi connectivity index (χ4v) is 2.54. The van der Waals surface area contributed by atoms with E-state index in [0.717, 1.165) is 37.2 Å². The van der Waals surface area contributed by atoms with Crippen molar-refractivity contribution in [3.05, 3.63) is 17.7 Å². The summed E-state index contributed by atoms with van der Waals surface area (Å²) in [4.78, 5) is 0. The minimum Gasteiger partial charge on any atom is -0.508 e. The smallest absolute Gasteiger partial charge is 0.165 e. The molecule has 0 aromatic heterocycles. The number of ether oxygens (including phenoxy) is 2. The molecule has 1 fully saturated rings. The molecule has 0 radical (unpaired) electrons. The number of benzene rings is 1. The molecule has 92 valence electrons. The van der Waals surface area contributed by atoms with E-state index in [1.54, 1.807) is 6.07 Å². The van der Waals surface area contributed by atoms with E-state index < -0.39 is 0 Å². The molecule has 4 heteroatoms. The Labute approximate surface area is 101 Å². The van der Waals surface area contributed by atoms with Crippen LogP contribution in [0.4, 0.5) is 0 Å². The first kappa shape index (κ1) is 10.7. The Morgan fingerprint density at radius 3 is 2.65 bits per heavy atom. The Morgan fingerprint density at radius 2 is 1.94 bits per heavy atom. The summed E-state index contributed by atoms with van der Waals surface area (Å²) in [6, 6.07) is 3.61. The van der Waals surface area contributed by atoms with E-state index in [1.807, 2.05) is 6.07 Å². The van der Waals surface area contributed by atoms with Crippen LogP contribution in [-0.4, -0.2) is 31.4 Å². The van der Waals surface area contributed by atoms with Gasteiger partial charge in [-0.25, -0.2) is 0 Å². The second-order valence-corrected chi connectivity index (χ2v) is 4.60. The van der Waals surface area contributed by atoms with Crippen LogP contribution in [0, 0.1) is 0 Å². The van der Waals surface area contributed by atoms with Gasteiger partial charge < -0.3 is 19.9 Å². The van der Waals surface area contributed by atoms with E-state index in [-0.39, 0.29) is 0 Å². The highest BCUT2D eigenvalue weighted by molar-refractivity contribution is 5.52. The van der Waals surface area contributed by atoms with Gasteiger partial charge in [-0.1, -0.05) is 0 Å². The zero-order valence-corrected chi connectivity index (χ0v) is 9.74. The third-order valence-electron chi connectivity index (χ3n) is 3.43. The number of fused-ring (bicyclic) bond motifs is 1. The lowest BCUT2D eigenvalue weighted by atomic mass is 9.90. The second kappa shape index (κ2) is 4.45. The number of rotatable bonds is 1. The molecular formula is C13H17NO3. The number of phenols is 1. The molecule has 0 spiro atoms. The van der Waals surface area contributed by atoms with Crippen LogP contribution in [0.3, 0.4) is 0 Å². The van der Waals surface area contributed by atoms with Gasteiger partial charge in [-0.3, -0.25) is 0 Å². The lowest BCUT2D eigenvalue weighted by Gasteiger charge is -2.26. The molecule has 3 rings (SSSR count). The molecule has 0 amide bonds. The van der Waals surface area contributed by atoms with Gasteiger partial charge in [0.15, 0.2) is 11.5 Å². The Balaban J connectivity index is 1.93. The highest BCUT2D eigenvalue weighted by Crippen LogP contribution is 2.40. The number of hydrogen-bond donors (Lipinski definition) is 2. The summed E-state index contributed by atoms with van der Waals surface area (Å²) in [5.74, 6) is 2.11. The van der Waals surface area contributed by atoms with Crippen LogP contribution in [0.15, 0.2) is 12.1 Å². The maximum Gasteiger partial charge on any atom is 0.165 e. The molecule has 1 aromatic rings. The zero-order valence-electron chi connectivity index (χ0n) is 9.74. The fourth-order valence-electron chi connectivity index (χ4n) is 2.54. The summed E-state index contributed by atoms with van der Waals surface area (Å²) >= 11 is 0. The predicted octanol–water partition coefficient (Wildman–Crippen LogP) is 1.63. The molecule has 1 unspecified atom stereocenters. The van der Waals surface area contributed by atoms with Crippen molar-refractivity contribution >= 4 is 0 Å². The molecule has 2 aliphatic rings. The molecule has 1 atom stereocenters. The number of phenolic OH excluding ortho intramolecular Hbond substituents is 1. The van der Waals surface area contributed by atoms with Gasteiger partial charge in [0, 0.05) is 24.1 Å². The summed E-state index contributed by atoms with van der Waals surface area (Å²) in [6.45, 7) is 3.13. The van der Waals surface area contributed by atoms with Crippen molar-refractivity contribution in [1.82, 2.24) is 5.32 Å². The molecule has 2 aliphatic heterocycles. The van der Waals surface area contributed by atoms with E-state index in [2.05, 4.69) is 5.32 Å². The van der Waals surface area contributed by atoms with Crippen LogP contribution in [-0.2, 0) is 0 Å². The Morgan fingerprint density at radius 1 is 1.18 bits per heavy atom. The Bertz CT molecular complexity index is 413. The van der Waals surface area contributed by atoms with Crippen LogP contribution in [0.1, 0.15) is 24.3 Å². The van der Waals surface area contributed by atoms with Gasteiger partial charge in [0.25, 0.3) is 0 Å². The van der Waals surface area contributed by atoms with Crippen molar-refractivity contribution in [2.45, 2.75) is 18.8 Å². The average molecular weight is 235 g/mol. The van der Waals surface area contributed by atoms with Gasteiger partial charge >= 0.3 is 0 Å². The van der Waals surface area contributed by atoms with E-state index in [9.17, 15) is 5.11 Å². The highest BCUT2D eigenvalue weighted by Gasteiger charge is 2.22. The molecule has 4 nitrogen and oxygen atoms in total. The molecule has 17 heavy (non-hydrogen) atoms. The van der Waals surface area contributed by atoms with E-state index in [4.69, 9.17) is 9.47 Å². The van der Waals surface area contributed by atoms with Crippen LogP contribution in [0.5, 0.6) is 17.2 Å². The molecule has 2 N–H and O–H groups in total. The summed E-state index contributed by atoms with van der Waals surface area (Å²) in [7, 11) is 0. The quantitative estimate of drug-likeness (QED) is 0.776. The molecule has 1 saturated heterocycles. The zero-order chi connectivity index (χ0) is 11.7. The second-order valence-electron chi connectivity index (χ2n) is 4.60. The first-order chi connectivity index (χ1) is 8.34. The lowest BCUT2D eigenvalue weighted by Crippen LogP contribution is -2.28. The van der Waals surface area contributed by atoms with Gasteiger partial charge in [0.05, 0.1) is 0 Å². The normalized spacial score (nSPS) is 23.4. The average Bonchev–Trinajstić information content (AvgIpc) is 2.39. The van der Waals surface area contributed by atoms with Crippen molar-refractivity contribution in [3.63, 3.8) is 0 Å². The number of nitrogens with one attached hydrogen (secondary N) is 1. The third-order valence-corrected chi connectivity index (χ3v) is 3.43. The highest BCUT2D eigenvalue weighted by atomic mass is 16.6. The van der Waals surface area contributed by atoms with Gasteiger partial charge in [-0.05, 0) is 25.5 Å². The number of aromatic hydroxyl groups is 1. The van der Waals surface area contributed by atoms with Crippen LogP contribution < -0.4 is 14.8 Å². The molecule has 0 saturated carbocycles. The van der Waals surface area contributed by atoms with Crippen LogP contribution in [0.2, 0.25) is 0 Å². The first-order valence-electron chi connectivity index (χ1n) is 6.18. The van der Waals surface area contributed by atoms with Crippen molar-refractivity contribution < 1.29 is 14.6 Å². The Kier molecular flexibility index (Phi) is 2.81. The SMILES string of the molecule is Oc1cc2c(cc1C1CCCNC1)OCCO2. The summed E-state index contributed by atoms with van der Waals surface area (Å²) in [5.41, 5.74) is 0.974. The van der Waals surface area contributed by atoms with E-state index in [0.29, 0.717) is 30.6 Å². The third kappa shape index (κ3) is 2.05. The first-order valence-corrected chi connectivity index (χ1v) is 6.18. The van der Waals surface area contributed by atoms with Gasteiger partial charge in [-0.15, -0.1) is 0 Å². The molecule has 0 aliphatic carbocycles. The predicted molar refractivity (Wildman–Crippen MR) is 63.9 cm³/mol. The molecule has 0 bridgehead atoms. The summed E-state index contributed by atoms with van der Waals surface area (Å²) in [5, 5.41) is 13.4.